The van der Waals surface area contributed by atoms with E-state index in [-0.39, 0.29) is 17.9 Å². The molecule has 1 aliphatic heterocycles. The average Bonchev–Trinajstić information content (AvgIpc) is 2.75. The molecule has 0 aromatic heterocycles. The van der Waals surface area contributed by atoms with Gasteiger partial charge in [-0.25, -0.2) is 13.2 Å². The van der Waals surface area contributed by atoms with Crippen LogP contribution in [0, 0.1) is 12.3 Å². The van der Waals surface area contributed by atoms with Crippen molar-refractivity contribution < 1.29 is 23.1 Å². The van der Waals surface area contributed by atoms with Crippen molar-refractivity contribution in [3.05, 3.63) is 0 Å². The molecular formula is C12H18N2O5S2. The number of thioether (sulfide) groups is 1. The maximum Gasteiger partial charge on any atom is 0.323 e. The number of rotatable bonds is 7. The van der Waals surface area contributed by atoms with Crippen molar-refractivity contribution in [2.45, 2.75) is 12.5 Å². The van der Waals surface area contributed by atoms with Gasteiger partial charge < -0.3 is 15.3 Å². The molecule has 1 atom stereocenters. The Morgan fingerprint density at radius 1 is 1.48 bits per heavy atom. The molecule has 1 heterocycles. The molecule has 1 unspecified atom stereocenters. The van der Waals surface area contributed by atoms with Gasteiger partial charge in [0.2, 0.25) is 0 Å². The largest absolute Gasteiger partial charge is 0.480 e. The zero-order valence-electron chi connectivity index (χ0n) is 11.4. The summed E-state index contributed by atoms with van der Waals surface area (Å²) in [5.74, 6) is 2.24. The first-order valence-corrected chi connectivity index (χ1v) is 9.31. The van der Waals surface area contributed by atoms with Crippen LogP contribution in [0.5, 0.6) is 0 Å². The van der Waals surface area contributed by atoms with Crippen molar-refractivity contribution in [2.75, 3.05) is 36.1 Å². The van der Waals surface area contributed by atoms with Gasteiger partial charge in [0.05, 0.1) is 17.3 Å². The molecule has 0 spiro atoms. The number of aliphatic carboxylic acids is 1. The number of urea groups is 1. The summed E-state index contributed by atoms with van der Waals surface area (Å²) < 4.78 is 22.9. The van der Waals surface area contributed by atoms with Crippen molar-refractivity contribution >= 4 is 33.6 Å². The third kappa shape index (κ3) is 6.27. The highest BCUT2D eigenvalue weighted by Crippen LogP contribution is 2.17. The topological polar surface area (TPSA) is 104 Å². The van der Waals surface area contributed by atoms with E-state index >= 15 is 0 Å². The molecule has 0 aromatic rings. The second kappa shape index (κ2) is 8.14. The number of hydrogen-bond acceptors (Lipinski definition) is 5. The molecule has 7 nitrogen and oxygen atoms in total. The number of nitrogens with one attached hydrogen (secondary N) is 1. The summed E-state index contributed by atoms with van der Waals surface area (Å²) in [6.07, 6.45) is 5.37. The van der Waals surface area contributed by atoms with Gasteiger partial charge in [-0.3, -0.25) is 4.79 Å². The highest BCUT2D eigenvalue weighted by molar-refractivity contribution is 7.99. The minimum Gasteiger partial charge on any atom is -0.480 e. The lowest BCUT2D eigenvalue weighted by Gasteiger charge is -2.26. The van der Waals surface area contributed by atoms with Crippen molar-refractivity contribution in [1.29, 1.82) is 0 Å². The molecule has 0 aromatic carbocycles. The number of terminal acetylenes is 1. The van der Waals surface area contributed by atoms with Gasteiger partial charge in [-0.05, 0) is 6.42 Å². The van der Waals surface area contributed by atoms with Crippen molar-refractivity contribution in [1.82, 2.24) is 10.2 Å². The Morgan fingerprint density at radius 3 is 2.71 bits per heavy atom. The Labute approximate surface area is 128 Å². The van der Waals surface area contributed by atoms with E-state index in [0.717, 1.165) is 4.90 Å². The maximum atomic E-state index is 12.0. The van der Waals surface area contributed by atoms with Crippen molar-refractivity contribution in [2.24, 2.45) is 0 Å². The summed E-state index contributed by atoms with van der Waals surface area (Å²) in [5, 5.41) is 11.5. The lowest BCUT2D eigenvalue weighted by Crippen LogP contribution is -2.49. The molecule has 1 rings (SSSR count). The van der Waals surface area contributed by atoms with E-state index in [9.17, 15) is 18.0 Å². The standard InChI is InChI=1S/C12H18N2O5S2/c1-2-5-20-6-4-13-12(17)14(8-11(15)16)10-3-7-21(18,19)9-10/h1,10H,3-9H2,(H,13,17)(H,15,16). The van der Waals surface area contributed by atoms with Gasteiger partial charge in [-0.1, -0.05) is 5.92 Å². The number of amides is 2. The van der Waals surface area contributed by atoms with Crippen LogP contribution in [0.25, 0.3) is 0 Å². The van der Waals surface area contributed by atoms with Gasteiger partial charge >= 0.3 is 12.0 Å². The Hall–Kier alpha value is -1.40. The van der Waals surface area contributed by atoms with Crippen LogP contribution < -0.4 is 5.32 Å². The van der Waals surface area contributed by atoms with Crippen LogP contribution in [-0.4, -0.2) is 72.6 Å². The Morgan fingerprint density at radius 2 is 2.19 bits per heavy atom. The Kier molecular flexibility index (Phi) is 6.84. The summed E-state index contributed by atoms with van der Waals surface area (Å²) in [7, 11) is -3.18. The summed E-state index contributed by atoms with van der Waals surface area (Å²) in [4.78, 5) is 23.9. The highest BCUT2D eigenvalue weighted by Gasteiger charge is 2.35. The molecule has 9 heteroatoms. The molecule has 1 aliphatic rings. The lowest BCUT2D eigenvalue weighted by atomic mass is 10.2. The minimum atomic E-state index is -3.18. The number of carbonyl (C=O) groups is 2. The lowest BCUT2D eigenvalue weighted by molar-refractivity contribution is -0.138. The Bertz CT molecular complexity index is 526. The Balaban J connectivity index is 2.55. The fourth-order valence-electron chi connectivity index (χ4n) is 2.00. The van der Waals surface area contributed by atoms with E-state index in [1.54, 1.807) is 0 Å². The molecule has 0 saturated carbocycles. The molecule has 0 aliphatic carbocycles. The number of carbonyl (C=O) groups excluding carboxylic acids is 1. The van der Waals surface area contributed by atoms with Crippen molar-refractivity contribution in [3.8, 4) is 12.3 Å². The molecule has 2 amide bonds. The molecule has 0 radical (unpaired) electrons. The van der Waals surface area contributed by atoms with E-state index in [4.69, 9.17) is 11.5 Å². The second-order valence-corrected chi connectivity index (χ2v) is 7.90. The predicted octanol–water partition coefficient (Wildman–Crippen LogP) is -0.364. The predicted molar refractivity (Wildman–Crippen MR) is 81.0 cm³/mol. The van der Waals surface area contributed by atoms with E-state index < -0.39 is 34.4 Å². The molecule has 118 valence electrons. The highest BCUT2D eigenvalue weighted by atomic mass is 32.2. The summed E-state index contributed by atoms with van der Waals surface area (Å²) in [5.41, 5.74) is 0. The average molecular weight is 334 g/mol. The molecule has 21 heavy (non-hydrogen) atoms. The van der Waals surface area contributed by atoms with Crippen LogP contribution in [0.1, 0.15) is 6.42 Å². The van der Waals surface area contributed by atoms with E-state index in [1.165, 1.54) is 11.8 Å². The number of nitrogens with zero attached hydrogens (tertiary/aromatic N) is 1. The fraction of sp³-hybridized carbons (Fsp3) is 0.667. The third-order valence-electron chi connectivity index (χ3n) is 2.92. The monoisotopic (exact) mass is 334 g/mol. The smallest absolute Gasteiger partial charge is 0.323 e. The molecule has 1 fully saturated rings. The zero-order chi connectivity index (χ0) is 15.9. The van der Waals surface area contributed by atoms with Gasteiger partial charge in [0.1, 0.15) is 6.54 Å². The van der Waals surface area contributed by atoms with E-state index in [0.29, 0.717) is 18.1 Å². The molecule has 2 N–H and O–H groups in total. The van der Waals surface area contributed by atoms with Crippen LogP contribution in [0.4, 0.5) is 4.79 Å². The minimum absolute atomic E-state index is 0.0148. The molecule has 0 bridgehead atoms. The first kappa shape index (κ1) is 17.7. The normalized spacial score (nSPS) is 19.7. The van der Waals surface area contributed by atoms with Crippen LogP contribution in [0.2, 0.25) is 0 Å². The fourth-order valence-corrected chi connectivity index (χ4v) is 4.24. The van der Waals surface area contributed by atoms with Crippen LogP contribution in [-0.2, 0) is 14.6 Å². The van der Waals surface area contributed by atoms with Crippen LogP contribution >= 0.6 is 11.8 Å². The SMILES string of the molecule is C#CCSCCNC(=O)N(CC(=O)O)C1CCS(=O)(=O)C1. The number of hydrogen-bond donors (Lipinski definition) is 2. The van der Waals surface area contributed by atoms with Gasteiger partial charge in [0, 0.05) is 18.3 Å². The van der Waals surface area contributed by atoms with Gasteiger partial charge in [-0.2, -0.15) is 0 Å². The summed E-state index contributed by atoms with van der Waals surface area (Å²) in [6, 6.07) is -1.13. The van der Waals surface area contributed by atoms with Gasteiger partial charge in [-0.15, -0.1) is 18.2 Å². The number of sulfone groups is 1. The first-order chi connectivity index (χ1) is 9.85. The maximum absolute atomic E-state index is 12.0. The van der Waals surface area contributed by atoms with E-state index in [2.05, 4.69) is 11.2 Å². The molecule has 1 saturated heterocycles. The summed E-state index contributed by atoms with van der Waals surface area (Å²) >= 11 is 1.47. The zero-order valence-corrected chi connectivity index (χ0v) is 13.1. The third-order valence-corrected chi connectivity index (χ3v) is 5.54. The van der Waals surface area contributed by atoms with Crippen LogP contribution in [0.3, 0.4) is 0 Å². The quantitative estimate of drug-likeness (QED) is 0.487. The molecular weight excluding hydrogens is 316 g/mol. The first-order valence-electron chi connectivity index (χ1n) is 6.33. The summed E-state index contributed by atoms with van der Waals surface area (Å²) in [6.45, 7) is -0.162. The van der Waals surface area contributed by atoms with Crippen molar-refractivity contribution in [3.63, 3.8) is 0 Å². The van der Waals surface area contributed by atoms with Gasteiger partial charge in [0.25, 0.3) is 0 Å². The second-order valence-electron chi connectivity index (χ2n) is 4.57. The van der Waals surface area contributed by atoms with Crippen LogP contribution in [0.15, 0.2) is 0 Å². The number of carboxylic acid groups (broad SMARTS) is 1. The number of carboxylic acids is 1. The van der Waals surface area contributed by atoms with Gasteiger partial charge in [0.15, 0.2) is 9.84 Å². The van der Waals surface area contributed by atoms with E-state index in [1.807, 2.05) is 0 Å².